The summed E-state index contributed by atoms with van der Waals surface area (Å²) in [6.45, 7) is 2.46. The summed E-state index contributed by atoms with van der Waals surface area (Å²) in [6.07, 6.45) is 1.48. The largest absolute Gasteiger partial charge is 0.228 e. The molecule has 0 amide bonds. The van der Waals surface area contributed by atoms with Gasteiger partial charge in [0.15, 0.2) is 14.9 Å². The number of sulfone groups is 1. The van der Waals surface area contributed by atoms with Gasteiger partial charge in [0.05, 0.1) is 0 Å². The molecule has 0 bridgehead atoms. The average Bonchev–Trinajstić information content (AvgIpc) is 2.05. The molecular formula is C8H16ClNO4S2. The molecular weight excluding hydrogens is 274 g/mol. The number of hydrogen-bond donors (Lipinski definition) is 0. The lowest BCUT2D eigenvalue weighted by molar-refractivity contribution is 0.287. The van der Waals surface area contributed by atoms with Gasteiger partial charge in [0, 0.05) is 24.7 Å². The lowest BCUT2D eigenvalue weighted by Gasteiger charge is -2.32. The van der Waals surface area contributed by atoms with Crippen LogP contribution < -0.4 is 0 Å². The summed E-state index contributed by atoms with van der Waals surface area (Å²) in [7, 11) is -7.24. The fourth-order valence-corrected chi connectivity index (χ4v) is 5.46. The third-order valence-electron chi connectivity index (χ3n) is 2.52. The molecule has 8 heteroatoms. The first-order chi connectivity index (χ1) is 7.12. The minimum absolute atomic E-state index is 0.0373. The first-order valence-corrected chi connectivity index (χ1v) is 9.02. The van der Waals surface area contributed by atoms with Crippen molar-refractivity contribution in [3.63, 3.8) is 0 Å². The topological polar surface area (TPSA) is 71.5 Å². The van der Waals surface area contributed by atoms with Gasteiger partial charge in [0.2, 0.25) is 10.0 Å². The summed E-state index contributed by atoms with van der Waals surface area (Å²) in [5, 5.41) is -0.857. The van der Waals surface area contributed by atoms with Crippen molar-refractivity contribution in [1.29, 1.82) is 0 Å². The lowest BCUT2D eigenvalue weighted by Crippen LogP contribution is -2.45. The van der Waals surface area contributed by atoms with E-state index in [-0.39, 0.29) is 11.3 Å². The van der Waals surface area contributed by atoms with Gasteiger partial charge in [-0.05, 0) is 12.3 Å². The molecule has 2 atom stereocenters. The van der Waals surface area contributed by atoms with E-state index in [4.69, 9.17) is 11.6 Å². The minimum atomic E-state index is -3.71. The Morgan fingerprint density at radius 2 is 1.88 bits per heavy atom. The van der Waals surface area contributed by atoms with E-state index >= 15 is 0 Å². The highest BCUT2D eigenvalue weighted by Crippen LogP contribution is 2.24. The molecule has 0 N–H and O–H groups in total. The van der Waals surface area contributed by atoms with Crippen molar-refractivity contribution in [3.05, 3.63) is 0 Å². The molecule has 1 aliphatic rings. The molecule has 0 aliphatic carbocycles. The Morgan fingerprint density at radius 1 is 1.31 bits per heavy atom. The molecule has 1 saturated heterocycles. The lowest BCUT2D eigenvalue weighted by atomic mass is 10.0. The smallest absolute Gasteiger partial charge is 0.228 e. The number of piperidine rings is 1. The number of nitrogens with zero attached hydrogens (tertiary/aromatic N) is 1. The van der Waals surface area contributed by atoms with Crippen LogP contribution in [0.2, 0.25) is 0 Å². The predicted molar refractivity (Wildman–Crippen MR) is 63.6 cm³/mol. The summed E-state index contributed by atoms with van der Waals surface area (Å²) < 4.78 is 46.7. The molecule has 0 aromatic rings. The van der Waals surface area contributed by atoms with Crippen molar-refractivity contribution in [2.24, 2.45) is 5.92 Å². The van der Waals surface area contributed by atoms with E-state index in [1.165, 1.54) is 4.31 Å². The first-order valence-electron chi connectivity index (χ1n) is 4.91. The second-order valence-corrected chi connectivity index (χ2v) is 9.33. The number of rotatable bonds is 3. The van der Waals surface area contributed by atoms with Crippen molar-refractivity contribution in [3.8, 4) is 0 Å². The Hall–Kier alpha value is 0.150. The van der Waals surface area contributed by atoms with Crippen LogP contribution in [-0.4, -0.2) is 50.9 Å². The van der Waals surface area contributed by atoms with E-state index in [1.807, 2.05) is 6.92 Å². The molecule has 1 fully saturated rings. The zero-order valence-corrected chi connectivity index (χ0v) is 11.6. The highest BCUT2D eigenvalue weighted by Gasteiger charge is 2.33. The minimum Gasteiger partial charge on any atom is -0.228 e. The van der Waals surface area contributed by atoms with Gasteiger partial charge < -0.3 is 0 Å². The Labute approximate surface area is 102 Å². The van der Waals surface area contributed by atoms with Gasteiger partial charge in [-0.2, -0.15) is 0 Å². The van der Waals surface area contributed by atoms with E-state index in [1.54, 1.807) is 0 Å². The second-order valence-electron chi connectivity index (χ2n) is 4.30. The molecule has 0 spiro atoms. The van der Waals surface area contributed by atoms with E-state index in [2.05, 4.69) is 0 Å². The molecule has 2 unspecified atom stereocenters. The fraction of sp³-hybridized carbons (Fsp3) is 1.00. The zero-order valence-electron chi connectivity index (χ0n) is 9.26. The van der Waals surface area contributed by atoms with Gasteiger partial charge >= 0.3 is 0 Å². The maximum atomic E-state index is 11.8. The molecule has 1 aliphatic heterocycles. The van der Waals surface area contributed by atoms with E-state index < -0.39 is 24.9 Å². The van der Waals surface area contributed by atoms with Gasteiger partial charge in [-0.15, -0.1) is 11.6 Å². The van der Waals surface area contributed by atoms with E-state index in [0.717, 1.165) is 6.26 Å². The normalized spacial score (nSPS) is 29.2. The van der Waals surface area contributed by atoms with Crippen LogP contribution in [0.25, 0.3) is 0 Å². The average molecular weight is 290 g/mol. The van der Waals surface area contributed by atoms with Crippen LogP contribution in [0, 0.1) is 5.92 Å². The van der Waals surface area contributed by atoms with Crippen LogP contribution in [0.15, 0.2) is 0 Å². The van der Waals surface area contributed by atoms with Crippen LogP contribution in [0.3, 0.4) is 0 Å². The van der Waals surface area contributed by atoms with Crippen LogP contribution in [-0.2, 0) is 19.9 Å². The predicted octanol–water partition coefficient (Wildman–Crippen LogP) is 0.268. The summed E-state index contributed by atoms with van der Waals surface area (Å²) in [6, 6.07) is 0. The van der Waals surface area contributed by atoms with Crippen molar-refractivity contribution < 1.29 is 16.8 Å². The number of halogens is 1. The SMILES string of the molecule is CC1CN(S(=O)(=O)CS(C)(=O)=O)CCC1Cl. The maximum absolute atomic E-state index is 11.8. The molecule has 96 valence electrons. The van der Waals surface area contributed by atoms with Crippen molar-refractivity contribution in [2.75, 3.05) is 24.4 Å². The molecule has 16 heavy (non-hydrogen) atoms. The van der Waals surface area contributed by atoms with Crippen molar-refractivity contribution in [2.45, 2.75) is 18.7 Å². The van der Waals surface area contributed by atoms with Gasteiger partial charge in [-0.1, -0.05) is 6.92 Å². The standard InChI is InChI=1S/C8H16ClNO4S2/c1-7-5-10(4-3-8(7)9)16(13,14)6-15(2,11)12/h7-8H,3-6H2,1-2H3. The zero-order chi connectivity index (χ0) is 12.6. The van der Waals surface area contributed by atoms with Gasteiger partial charge in [-0.25, -0.2) is 21.1 Å². The van der Waals surface area contributed by atoms with Gasteiger partial charge in [0.1, 0.15) is 0 Å². The second kappa shape index (κ2) is 4.80. The van der Waals surface area contributed by atoms with Crippen molar-refractivity contribution in [1.82, 2.24) is 4.31 Å². The summed E-state index contributed by atoms with van der Waals surface area (Å²) in [5.74, 6) is 0.0461. The van der Waals surface area contributed by atoms with E-state index in [9.17, 15) is 16.8 Å². The Bertz CT molecular complexity index is 445. The van der Waals surface area contributed by atoms with E-state index in [0.29, 0.717) is 19.5 Å². The molecule has 5 nitrogen and oxygen atoms in total. The first kappa shape index (κ1) is 14.2. The monoisotopic (exact) mass is 289 g/mol. The van der Waals surface area contributed by atoms with Crippen LogP contribution >= 0.6 is 11.6 Å². The molecule has 0 aromatic carbocycles. The summed E-state index contributed by atoms with van der Waals surface area (Å²) in [5.41, 5.74) is 0. The Balaban J connectivity index is 2.79. The molecule has 0 saturated carbocycles. The van der Waals surface area contributed by atoms with Crippen molar-refractivity contribution >= 4 is 31.5 Å². The quantitative estimate of drug-likeness (QED) is 0.699. The fourth-order valence-electron chi connectivity index (χ4n) is 1.68. The molecule has 0 aromatic heterocycles. The van der Waals surface area contributed by atoms with Gasteiger partial charge in [-0.3, -0.25) is 0 Å². The molecule has 0 radical (unpaired) electrons. The third kappa shape index (κ3) is 3.87. The van der Waals surface area contributed by atoms with Gasteiger partial charge in [0.25, 0.3) is 0 Å². The summed E-state index contributed by atoms with van der Waals surface area (Å²) >= 11 is 5.98. The molecule has 1 rings (SSSR count). The van der Waals surface area contributed by atoms with Crippen LogP contribution in [0.5, 0.6) is 0 Å². The third-order valence-corrected chi connectivity index (χ3v) is 7.19. The number of sulfonamides is 1. The van der Waals surface area contributed by atoms with Crippen LogP contribution in [0.4, 0.5) is 0 Å². The maximum Gasteiger partial charge on any atom is 0.228 e. The highest BCUT2D eigenvalue weighted by molar-refractivity contribution is 8.06. The summed E-state index contributed by atoms with van der Waals surface area (Å²) in [4.78, 5) is 0. The van der Waals surface area contributed by atoms with Crippen LogP contribution in [0.1, 0.15) is 13.3 Å². The highest BCUT2D eigenvalue weighted by atomic mass is 35.5. The molecule has 1 heterocycles. The number of hydrogen-bond acceptors (Lipinski definition) is 4. The Morgan fingerprint density at radius 3 is 2.31 bits per heavy atom. The Kier molecular flexibility index (Phi) is 4.26. The number of alkyl halides is 1.